The molecule has 0 saturated carbocycles. The Bertz CT molecular complexity index is 7370. The van der Waals surface area contributed by atoms with E-state index in [-0.39, 0.29) is 48.8 Å². The van der Waals surface area contributed by atoms with Gasteiger partial charge in [0.1, 0.15) is 13.1 Å². The third-order valence-electron chi connectivity index (χ3n) is 14.4. The number of carbonyl (C=O) groups is 2. The number of fused-ring (bicyclic) bond motifs is 2. The highest BCUT2D eigenvalue weighted by Gasteiger charge is 2.34. The van der Waals surface area contributed by atoms with E-state index in [2.05, 4.69) is 9.47 Å². The Labute approximate surface area is 681 Å². The summed E-state index contributed by atoms with van der Waals surface area (Å²) in [6.45, 7) is -42.5. The summed E-state index contributed by atoms with van der Waals surface area (Å²) in [6, 6.07) is -14.5. The first kappa shape index (κ1) is 35.1. The van der Waals surface area contributed by atoms with E-state index in [1.54, 1.807) is 0 Å². The van der Waals surface area contributed by atoms with Crippen LogP contribution in [-0.4, -0.2) is 119 Å². The molecule has 0 atom stereocenters. The second-order valence-electron chi connectivity index (χ2n) is 21.2. The fourth-order valence-electron chi connectivity index (χ4n) is 9.41. The molecule has 0 unspecified atom stereocenters. The molecule has 2 amide bonds. The van der Waals surface area contributed by atoms with Crippen molar-refractivity contribution in [3.63, 3.8) is 0 Å². The summed E-state index contributed by atoms with van der Waals surface area (Å²) >= 11 is -0.561. The van der Waals surface area contributed by atoms with Crippen LogP contribution in [0, 0.1) is 30.2 Å². The topological polar surface area (TPSA) is 110 Å². The molecule has 2 aliphatic heterocycles. The first-order valence-electron chi connectivity index (χ1n) is 54.9. The lowest BCUT2D eigenvalue weighted by atomic mass is 10.00. The van der Waals surface area contributed by atoms with Crippen molar-refractivity contribution < 1.29 is 133 Å². The molecule has 2 aliphatic rings. The molecule has 4 heterocycles. The Morgan fingerprint density at radius 1 is 0.552 bits per heavy atom. The summed E-state index contributed by atoms with van der Waals surface area (Å²) in [5.74, 6) is -11.6. The lowest BCUT2D eigenvalue weighted by Crippen LogP contribution is -2.48. The maximum absolute atomic E-state index is 15.8. The Kier molecular flexibility index (Phi) is 11.7. The van der Waals surface area contributed by atoms with Gasteiger partial charge in [0.05, 0.1) is 82.3 Å². The molecule has 0 aliphatic carbocycles. The zero-order valence-corrected chi connectivity index (χ0v) is 54.4. The van der Waals surface area contributed by atoms with Crippen LogP contribution in [0.2, 0.25) is 0 Å². The second kappa shape index (κ2) is 34.9. The minimum absolute atomic E-state index is 0.0402. The van der Waals surface area contributed by atoms with Crippen LogP contribution in [0.15, 0.2) is 207 Å². The third-order valence-corrected chi connectivity index (χ3v) is 16.1. The van der Waals surface area contributed by atoms with E-state index in [1.807, 2.05) is 0 Å². The smallest absolute Gasteiger partial charge is 0.383 e. The van der Waals surface area contributed by atoms with Gasteiger partial charge in [-0.15, -0.1) is 23.5 Å². The molecule has 10 aromatic rings. The number of methoxy groups -OCH3 is 2. The largest absolute Gasteiger partial charge is 0.416 e. The molecule has 0 radical (unpaired) electrons. The summed E-state index contributed by atoms with van der Waals surface area (Å²) < 4.78 is 591. The van der Waals surface area contributed by atoms with Gasteiger partial charge in [0.15, 0.2) is 34.1 Å². The first-order valence-corrected chi connectivity index (χ1v) is 31.1. The maximum atomic E-state index is 15.8. The molecular formula is C81H78F10N6O6S2. The molecule has 24 heteroatoms. The van der Waals surface area contributed by atoms with E-state index in [0.717, 1.165) is 54.0 Å². The van der Waals surface area contributed by atoms with Gasteiger partial charge in [0, 0.05) is 156 Å². The molecule has 8 aromatic carbocycles. The highest BCUT2D eigenvalue weighted by molar-refractivity contribution is 7.98. The van der Waals surface area contributed by atoms with Gasteiger partial charge in [0.2, 0.25) is 11.8 Å². The number of alkyl halides is 6. The molecule has 550 valence electrons. The van der Waals surface area contributed by atoms with Crippen molar-refractivity contribution in [3.05, 3.63) is 270 Å². The monoisotopic (exact) mass is 1540 g/mol. The molecule has 0 bridgehead atoms. The number of pyridine rings is 2. The van der Waals surface area contributed by atoms with E-state index >= 15 is 22.8 Å². The highest BCUT2D eigenvalue weighted by Crippen LogP contribution is 2.36. The van der Waals surface area contributed by atoms with Crippen LogP contribution in [0.4, 0.5) is 43.9 Å². The fourth-order valence-corrected chi connectivity index (χ4v) is 11.0. The number of halogens is 10. The minimum atomic E-state index is -5.58. The standard InChI is InChI=1S/C41H40F5N3O3S.C40H38F5N3O3S/c1-27-6-15-36-34(22-27)37(50)23-39(53-26-31-4-3-5-35(42)40(31)43)49(36)25-38(51)48(33-16-18-47(19-17-33)20-21-52-2)24-28-7-9-29(10-8-28)30-11-13-32(14-12-30)41(44,45)46;1-51-22-21-46-19-17-32(18-20-46)47(24-27-9-11-28(12-10-27)29-13-15-31(16-14-29)40(43,44)45)37(50)25-48-35-8-3-2-6-33(35)36(49)23-38(48)52-26-30-5-4-7-34(41)39(30)42/h3-15,22-23,33H,16-21,24-26H2,1-2H3;2-16,23,32H,17-22,24-26H2,1H3/i2D3,3D,4D,5D,6D,7D,8D,9D,10D,11D,12D,13D,14D,15D,16D2,17D2,18D2,19D2,20D2,21D2,22D,23D,26D2,33D;1D3,17D2,18D2,19D2,20D2,21D2,22D2,26D2,32D. The Morgan fingerprint density at radius 2 is 1.09 bits per heavy atom. The minimum Gasteiger partial charge on any atom is -0.383 e. The lowest BCUT2D eigenvalue weighted by molar-refractivity contribution is -0.138. The van der Waals surface area contributed by atoms with Gasteiger partial charge < -0.3 is 38.2 Å². The number of carbonyl (C=O) groups excluding carboxylic acids is 2. The number of hydrogen-bond acceptors (Lipinski definition) is 10. The van der Waals surface area contributed by atoms with Gasteiger partial charge in [-0.05, 0) is 126 Å². The summed E-state index contributed by atoms with van der Waals surface area (Å²) in [6.07, 6.45) is -29.1. The van der Waals surface area contributed by atoms with Gasteiger partial charge >= 0.3 is 12.4 Å². The Morgan fingerprint density at radius 3 is 1.68 bits per heavy atom. The van der Waals surface area contributed by atoms with E-state index in [9.17, 15) is 54.0 Å². The number of para-hydroxylation sites is 1. The van der Waals surface area contributed by atoms with E-state index in [0.29, 0.717) is 6.07 Å². The summed E-state index contributed by atoms with van der Waals surface area (Å²) in [4.78, 5) is 55.9. The zero-order chi connectivity index (χ0) is 120. The molecule has 0 spiro atoms. The summed E-state index contributed by atoms with van der Waals surface area (Å²) in [7, 11) is -7.81. The van der Waals surface area contributed by atoms with Crippen molar-refractivity contribution >= 4 is 57.1 Å². The average molecular weight is 1540 g/mol. The predicted octanol–water partition coefficient (Wildman–Crippen LogP) is 17.1. The van der Waals surface area contributed by atoms with Crippen molar-refractivity contribution in [1.82, 2.24) is 28.7 Å². The van der Waals surface area contributed by atoms with Gasteiger partial charge in [-0.1, -0.05) is 121 Å². The molecule has 2 aromatic heterocycles. The van der Waals surface area contributed by atoms with Crippen molar-refractivity contribution in [2.24, 2.45) is 0 Å². The number of rotatable bonds is 24. The summed E-state index contributed by atoms with van der Waals surface area (Å²) in [5, 5.41) is -3.20. The number of piperidine rings is 2. The normalized spacial score (nSPS) is 26.8. The quantitative estimate of drug-likeness (QED) is 0.0428. The molecule has 0 N–H and O–H groups in total. The van der Waals surface area contributed by atoms with Crippen LogP contribution < -0.4 is 10.9 Å². The zero-order valence-electron chi connectivity index (χ0n) is 104. The predicted molar refractivity (Wildman–Crippen MR) is 391 cm³/mol. The van der Waals surface area contributed by atoms with Crippen molar-refractivity contribution in [1.29, 1.82) is 0 Å². The van der Waals surface area contributed by atoms with Crippen LogP contribution in [0.5, 0.6) is 0 Å². The number of likely N-dealkylation sites (tertiary alicyclic amines) is 2. The number of aromatic nitrogens is 2. The first-order chi connectivity index (χ1) is 70.2. The van der Waals surface area contributed by atoms with Gasteiger partial charge in [-0.2, -0.15) is 26.3 Å². The molecule has 12 rings (SSSR count). The number of benzene rings is 8. The van der Waals surface area contributed by atoms with Gasteiger partial charge in [0.25, 0.3) is 0 Å². The summed E-state index contributed by atoms with van der Waals surface area (Å²) in [5.41, 5.74) is -20.7. The number of hydrogen-bond donors (Lipinski definition) is 0. The highest BCUT2D eigenvalue weighted by atomic mass is 32.2. The van der Waals surface area contributed by atoms with Crippen LogP contribution >= 0.6 is 23.5 Å². The number of amides is 2. The number of thioether (sulfide) groups is 2. The third kappa shape index (κ3) is 19.5. The molecule has 2 fully saturated rings. The van der Waals surface area contributed by atoms with Crippen molar-refractivity contribution in [2.45, 2.75) is 104 Å². The van der Waals surface area contributed by atoms with E-state index in [1.165, 1.54) is 48.5 Å². The molecule has 12 nitrogen and oxygen atoms in total. The van der Waals surface area contributed by atoms with E-state index < -0.39 is 382 Å². The maximum Gasteiger partial charge on any atom is 0.416 e. The molecule has 105 heavy (non-hydrogen) atoms. The van der Waals surface area contributed by atoms with Gasteiger partial charge in [-0.25, -0.2) is 17.6 Å². The number of ether oxygens (including phenoxy) is 2. The molecular weight excluding hydrogens is 1410 g/mol. The van der Waals surface area contributed by atoms with Crippen LogP contribution in [0.1, 0.15) is 134 Å². The number of nitrogens with zero attached hydrogens (tertiary/aromatic N) is 6. The van der Waals surface area contributed by atoms with Crippen LogP contribution in [0.25, 0.3) is 44.1 Å². The van der Waals surface area contributed by atoms with Crippen LogP contribution in [-0.2, 0) is 69.0 Å². The molecule has 2 saturated heterocycles. The Balaban J connectivity index is 0.000000300. The van der Waals surface area contributed by atoms with E-state index in [4.69, 9.17) is 56.2 Å². The van der Waals surface area contributed by atoms with Gasteiger partial charge in [-0.3, -0.25) is 19.2 Å². The second-order valence-corrected chi connectivity index (χ2v) is 22.8. The van der Waals surface area contributed by atoms with Crippen molar-refractivity contribution in [3.8, 4) is 22.3 Å². The SMILES string of the molecule is [2H]C([2H])([2H])OC([2H])([2H])C([2H])([2H])N1C([2H])([2H])C([2H])([2H])C([2H])(N(Cc2ccc(-c3ccc(C(F)(F)F)cc3)cc2)C(=O)Cn2c(SC([2H])([2H])c3cccc(F)c3F)cc(=O)c3ccccc32)C([2H])([2H])C1([2H])[2H].[2H]c1c([2H])c(F)c(F)c(C([2H])([2H])Sc2c([2H])c(=O)c3c([2H])c(C)c([2H])c([2H])c3n2CC(=O)N(Cc2c([2H])c([2H])c(-c3c([2H])c([2H])c(C(F)(F)F)c([2H])c3[2H])c([2H])c2[2H])C2([2H])C([2H])([2H])C([2H])([2H])N(C([2H])([2H])C([2H])([2H])OC([2H])([2H])[2H])C([2H])([2H])C2([2H])[2H])c1[2H]. The fraction of sp³-hybridized carbons (Fsp3) is 0.309. The van der Waals surface area contributed by atoms with Crippen molar-refractivity contribution in [2.75, 3.05) is 66.2 Å². The van der Waals surface area contributed by atoms with Crippen LogP contribution in [0.3, 0.4) is 0 Å². The Hall–Kier alpha value is -9.04. The lowest BCUT2D eigenvalue weighted by Gasteiger charge is -2.39. The average Bonchev–Trinajstić information content (AvgIpc) is 0.659.